The molecule has 9 nitrogen and oxygen atoms in total. The number of halogens is 1. The van der Waals surface area contributed by atoms with Gasteiger partial charge in [0.25, 0.3) is 0 Å². The summed E-state index contributed by atoms with van der Waals surface area (Å²) >= 11 is 5.94. The topological polar surface area (TPSA) is 97.8 Å². The number of rotatable bonds is 9. The van der Waals surface area contributed by atoms with E-state index in [1.165, 1.54) is 0 Å². The van der Waals surface area contributed by atoms with E-state index in [9.17, 15) is 4.79 Å². The highest BCUT2D eigenvalue weighted by atomic mass is 35.5. The van der Waals surface area contributed by atoms with Crippen LogP contribution in [0.15, 0.2) is 48.7 Å². The number of benzene rings is 2. The minimum atomic E-state index is -0.118. The Morgan fingerprint density at radius 2 is 1.81 bits per heavy atom. The molecule has 1 fully saturated rings. The average Bonchev–Trinajstić information content (AvgIpc) is 2.92. The Morgan fingerprint density at radius 1 is 1.08 bits per heavy atom. The zero-order valence-corrected chi connectivity index (χ0v) is 21.3. The Bertz CT molecular complexity index is 1170. The van der Waals surface area contributed by atoms with Crippen molar-refractivity contribution in [3.05, 3.63) is 59.2 Å². The highest BCUT2D eigenvalue weighted by Crippen LogP contribution is 2.40. The number of carbonyl (C=O) groups is 1. The molecule has 1 aliphatic rings. The molecule has 0 bridgehead atoms. The van der Waals surface area contributed by atoms with Crippen molar-refractivity contribution < 1.29 is 19.0 Å². The number of hydrogen-bond acceptors (Lipinski definition) is 8. The standard InChI is InChI=1S/C26H30ClN5O4/c1-34-21-13-20(14-22(35-2)24(21)36-3)30-26-28-11-10-23(31-26)32-12-4-5-18(16-32)25(33)29-15-17-6-8-19(27)9-7-17/h6-11,13-14,18H,4-5,12,15-16H2,1-3H3,(H,29,33)(H,28,30,31). The van der Waals surface area contributed by atoms with Gasteiger partial charge in [0.15, 0.2) is 11.5 Å². The first-order valence-corrected chi connectivity index (χ1v) is 12.1. The third kappa shape index (κ3) is 6.09. The highest BCUT2D eigenvalue weighted by Gasteiger charge is 2.26. The molecule has 1 aromatic heterocycles. The molecule has 1 aliphatic heterocycles. The van der Waals surface area contributed by atoms with Crippen LogP contribution in [0.4, 0.5) is 17.5 Å². The molecule has 1 unspecified atom stereocenters. The van der Waals surface area contributed by atoms with E-state index in [0.29, 0.717) is 47.0 Å². The molecule has 2 N–H and O–H groups in total. The van der Waals surface area contributed by atoms with Crippen molar-refractivity contribution in [2.75, 3.05) is 44.6 Å². The normalized spacial score (nSPS) is 15.2. The van der Waals surface area contributed by atoms with Crippen molar-refractivity contribution in [3.8, 4) is 17.2 Å². The van der Waals surface area contributed by atoms with Crippen molar-refractivity contribution >= 4 is 35.0 Å². The number of carbonyl (C=O) groups excluding carboxylic acids is 1. The van der Waals surface area contributed by atoms with Gasteiger partial charge in [-0.15, -0.1) is 0 Å². The molecule has 0 aliphatic carbocycles. The average molecular weight is 512 g/mol. The van der Waals surface area contributed by atoms with Crippen LogP contribution < -0.4 is 29.7 Å². The van der Waals surface area contributed by atoms with Gasteiger partial charge in [-0.05, 0) is 36.6 Å². The zero-order valence-electron chi connectivity index (χ0n) is 20.6. The molecule has 190 valence electrons. The number of ether oxygens (including phenoxy) is 3. The second kappa shape index (κ2) is 11.8. The molecule has 2 aromatic carbocycles. The van der Waals surface area contributed by atoms with Crippen LogP contribution in [0.2, 0.25) is 5.02 Å². The lowest BCUT2D eigenvalue weighted by atomic mass is 9.97. The molecular formula is C26H30ClN5O4. The van der Waals surface area contributed by atoms with Crippen molar-refractivity contribution in [2.24, 2.45) is 5.92 Å². The van der Waals surface area contributed by atoms with Crippen LogP contribution in [-0.4, -0.2) is 50.3 Å². The predicted octanol–water partition coefficient (Wildman–Crippen LogP) is 4.43. The van der Waals surface area contributed by atoms with Crippen molar-refractivity contribution in [2.45, 2.75) is 19.4 Å². The summed E-state index contributed by atoms with van der Waals surface area (Å²) in [6.07, 6.45) is 3.44. The summed E-state index contributed by atoms with van der Waals surface area (Å²) in [5.41, 5.74) is 1.71. The van der Waals surface area contributed by atoms with Gasteiger partial charge in [-0.25, -0.2) is 4.98 Å². The van der Waals surface area contributed by atoms with Gasteiger partial charge in [-0.2, -0.15) is 4.98 Å². The molecular weight excluding hydrogens is 482 g/mol. The third-order valence-corrected chi connectivity index (χ3v) is 6.31. The first-order chi connectivity index (χ1) is 17.5. The van der Waals surface area contributed by atoms with Gasteiger partial charge in [0.2, 0.25) is 17.6 Å². The van der Waals surface area contributed by atoms with E-state index < -0.39 is 0 Å². The Hall–Kier alpha value is -3.72. The zero-order chi connectivity index (χ0) is 25.5. The second-order valence-corrected chi connectivity index (χ2v) is 8.84. The summed E-state index contributed by atoms with van der Waals surface area (Å²) in [7, 11) is 4.69. The number of methoxy groups -OCH3 is 3. The molecule has 10 heteroatoms. The first-order valence-electron chi connectivity index (χ1n) is 11.7. The molecule has 0 radical (unpaired) electrons. The summed E-state index contributed by atoms with van der Waals surface area (Å²) < 4.78 is 16.2. The number of anilines is 3. The minimum absolute atomic E-state index is 0.0412. The van der Waals surface area contributed by atoms with Crippen LogP contribution in [-0.2, 0) is 11.3 Å². The first kappa shape index (κ1) is 25.4. The maximum atomic E-state index is 12.9. The number of aromatic nitrogens is 2. The highest BCUT2D eigenvalue weighted by molar-refractivity contribution is 6.30. The monoisotopic (exact) mass is 511 g/mol. The largest absolute Gasteiger partial charge is 0.493 e. The molecule has 36 heavy (non-hydrogen) atoms. The second-order valence-electron chi connectivity index (χ2n) is 8.41. The predicted molar refractivity (Wildman–Crippen MR) is 140 cm³/mol. The van der Waals surface area contributed by atoms with Crippen LogP contribution in [0.5, 0.6) is 17.2 Å². The van der Waals surface area contributed by atoms with Gasteiger partial charge in [0.05, 0.1) is 27.2 Å². The van der Waals surface area contributed by atoms with Gasteiger partial charge in [0, 0.05) is 48.7 Å². The fourth-order valence-electron chi connectivity index (χ4n) is 4.20. The number of nitrogens with zero attached hydrogens (tertiary/aromatic N) is 3. The number of hydrogen-bond donors (Lipinski definition) is 2. The van der Waals surface area contributed by atoms with E-state index in [4.69, 9.17) is 25.8 Å². The third-order valence-electron chi connectivity index (χ3n) is 6.06. The van der Waals surface area contributed by atoms with Gasteiger partial charge in [0.1, 0.15) is 5.82 Å². The van der Waals surface area contributed by atoms with Crippen LogP contribution in [0.3, 0.4) is 0 Å². The lowest BCUT2D eigenvalue weighted by Crippen LogP contribution is -2.43. The lowest BCUT2D eigenvalue weighted by Gasteiger charge is -2.33. The van der Waals surface area contributed by atoms with Crippen LogP contribution in [0.25, 0.3) is 0 Å². The van der Waals surface area contributed by atoms with Crippen molar-refractivity contribution in [3.63, 3.8) is 0 Å². The van der Waals surface area contributed by atoms with Crippen molar-refractivity contribution in [1.29, 1.82) is 0 Å². The van der Waals surface area contributed by atoms with E-state index in [1.807, 2.05) is 30.3 Å². The fraction of sp³-hybridized carbons (Fsp3) is 0.346. The number of nitrogens with one attached hydrogen (secondary N) is 2. The van der Waals surface area contributed by atoms with E-state index >= 15 is 0 Å². The quantitative estimate of drug-likeness (QED) is 0.435. The fourth-order valence-corrected chi connectivity index (χ4v) is 4.33. The number of amides is 1. The summed E-state index contributed by atoms with van der Waals surface area (Å²) in [5, 5.41) is 6.93. The maximum absolute atomic E-state index is 12.9. The van der Waals surface area contributed by atoms with Crippen molar-refractivity contribution in [1.82, 2.24) is 15.3 Å². The van der Waals surface area contributed by atoms with E-state index in [0.717, 1.165) is 30.8 Å². The Morgan fingerprint density at radius 3 is 2.47 bits per heavy atom. The van der Waals surface area contributed by atoms with Crippen LogP contribution in [0.1, 0.15) is 18.4 Å². The Balaban J connectivity index is 1.42. The molecule has 4 rings (SSSR count). The van der Waals surface area contributed by atoms with Crippen LogP contribution in [0, 0.1) is 5.92 Å². The molecule has 0 saturated carbocycles. The SMILES string of the molecule is COc1cc(Nc2nccc(N3CCCC(C(=O)NCc4ccc(Cl)cc4)C3)n2)cc(OC)c1OC. The van der Waals surface area contributed by atoms with Gasteiger partial charge in [-0.3, -0.25) is 4.79 Å². The lowest BCUT2D eigenvalue weighted by molar-refractivity contribution is -0.125. The number of piperidine rings is 1. The smallest absolute Gasteiger partial charge is 0.229 e. The Kier molecular flexibility index (Phi) is 8.32. The molecule has 1 amide bonds. The molecule has 0 spiro atoms. The van der Waals surface area contributed by atoms with E-state index in [-0.39, 0.29) is 11.8 Å². The minimum Gasteiger partial charge on any atom is -0.493 e. The van der Waals surface area contributed by atoms with Crippen LogP contribution >= 0.6 is 11.6 Å². The maximum Gasteiger partial charge on any atom is 0.229 e. The summed E-state index contributed by atoms with van der Waals surface area (Å²) in [6, 6.07) is 12.9. The molecule has 3 aromatic rings. The van der Waals surface area contributed by atoms with Gasteiger partial charge in [-0.1, -0.05) is 23.7 Å². The molecule has 2 heterocycles. The molecule has 1 saturated heterocycles. The molecule has 1 atom stereocenters. The van der Waals surface area contributed by atoms with E-state index in [2.05, 4.69) is 25.5 Å². The van der Waals surface area contributed by atoms with Gasteiger partial charge < -0.3 is 29.7 Å². The summed E-state index contributed by atoms with van der Waals surface area (Å²) in [5.74, 6) is 2.67. The van der Waals surface area contributed by atoms with Gasteiger partial charge >= 0.3 is 0 Å². The summed E-state index contributed by atoms with van der Waals surface area (Å²) in [6.45, 7) is 1.89. The summed E-state index contributed by atoms with van der Waals surface area (Å²) in [4.78, 5) is 24.0. The van der Waals surface area contributed by atoms with E-state index in [1.54, 1.807) is 39.7 Å². The Labute approximate surface area is 215 Å².